The van der Waals surface area contributed by atoms with Crippen molar-refractivity contribution in [2.75, 3.05) is 19.6 Å². The maximum atomic E-state index is 11.8. The van der Waals surface area contributed by atoms with Crippen molar-refractivity contribution in [1.29, 1.82) is 0 Å². The number of hydrogen-bond donors (Lipinski definition) is 3. The van der Waals surface area contributed by atoms with Crippen LogP contribution in [0.3, 0.4) is 0 Å². The van der Waals surface area contributed by atoms with Crippen molar-refractivity contribution in [1.82, 2.24) is 15.5 Å². The third-order valence-electron chi connectivity index (χ3n) is 3.52. The van der Waals surface area contributed by atoms with Crippen LogP contribution < -0.4 is 16.4 Å². The molecular formula is C14H22N4O2S. The zero-order valence-electron chi connectivity index (χ0n) is 12.2. The number of nitrogens with zero attached hydrogens (tertiary/aromatic N) is 1. The van der Waals surface area contributed by atoms with Crippen molar-refractivity contribution in [2.45, 2.75) is 32.4 Å². The summed E-state index contributed by atoms with van der Waals surface area (Å²) in [7, 11) is 0. The summed E-state index contributed by atoms with van der Waals surface area (Å²) in [6.45, 7) is 4.49. The van der Waals surface area contributed by atoms with E-state index in [0.29, 0.717) is 13.1 Å². The predicted octanol–water partition coefficient (Wildman–Crippen LogP) is 0.805. The molecule has 1 aromatic heterocycles. The number of hydrogen-bond acceptors (Lipinski definition) is 4. The first-order chi connectivity index (χ1) is 10.0. The molecule has 0 atom stereocenters. The van der Waals surface area contributed by atoms with Crippen LogP contribution in [0.1, 0.15) is 22.6 Å². The quantitative estimate of drug-likeness (QED) is 0.752. The molecule has 21 heavy (non-hydrogen) atoms. The van der Waals surface area contributed by atoms with Crippen molar-refractivity contribution in [3.05, 3.63) is 21.9 Å². The Balaban J connectivity index is 1.66. The average molecular weight is 310 g/mol. The Morgan fingerprint density at radius 2 is 2.10 bits per heavy atom. The molecule has 0 unspecified atom stereocenters. The highest BCUT2D eigenvalue weighted by Gasteiger charge is 2.21. The number of primary amides is 1. The van der Waals surface area contributed by atoms with E-state index in [1.807, 2.05) is 24.0 Å². The fraction of sp³-hybridized carbons (Fsp3) is 0.571. The molecule has 0 aliphatic carbocycles. The summed E-state index contributed by atoms with van der Waals surface area (Å²) >= 11 is 1.69. The average Bonchev–Trinajstić information content (AvgIpc) is 2.84. The third kappa shape index (κ3) is 5.35. The van der Waals surface area contributed by atoms with Gasteiger partial charge in [-0.25, -0.2) is 4.79 Å². The van der Waals surface area contributed by atoms with Crippen LogP contribution in [0.5, 0.6) is 0 Å². The van der Waals surface area contributed by atoms with Crippen LogP contribution in [-0.2, 0) is 11.3 Å². The van der Waals surface area contributed by atoms with Crippen LogP contribution in [0.4, 0.5) is 4.79 Å². The van der Waals surface area contributed by atoms with E-state index < -0.39 is 0 Å². The van der Waals surface area contributed by atoms with Crippen molar-refractivity contribution >= 4 is 23.3 Å². The summed E-state index contributed by atoms with van der Waals surface area (Å²) in [5.41, 5.74) is 5.18. The molecule has 3 amide bonds. The molecule has 2 heterocycles. The van der Waals surface area contributed by atoms with Gasteiger partial charge in [0, 0.05) is 28.9 Å². The molecule has 0 aromatic carbocycles. The lowest BCUT2D eigenvalue weighted by molar-refractivity contribution is -0.119. The number of carbonyl (C=O) groups excluding carboxylic acids is 2. The smallest absolute Gasteiger partial charge is 0.315 e. The van der Waals surface area contributed by atoms with E-state index in [1.54, 1.807) is 11.3 Å². The first kappa shape index (κ1) is 15.8. The van der Waals surface area contributed by atoms with Crippen LogP contribution in [0.15, 0.2) is 12.1 Å². The van der Waals surface area contributed by atoms with E-state index in [2.05, 4.69) is 10.6 Å². The van der Waals surface area contributed by atoms with Gasteiger partial charge in [0.05, 0.1) is 13.1 Å². The number of carbonyl (C=O) groups is 2. The lowest BCUT2D eigenvalue weighted by atomic mass is 10.1. The second-order valence-electron chi connectivity index (χ2n) is 5.36. The highest BCUT2D eigenvalue weighted by Crippen LogP contribution is 2.14. The second-order valence-corrected chi connectivity index (χ2v) is 6.73. The number of nitrogens with one attached hydrogen (secondary N) is 2. The predicted molar refractivity (Wildman–Crippen MR) is 83.1 cm³/mol. The van der Waals surface area contributed by atoms with Gasteiger partial charge in [-0.2, -0.15) is 0 Å². The van der Waals surface area contributed by atoms with Gasteiger partial charge in [-0.1, -0.05) is 0 Å². The monoisotopic (exact) mass is 310 g/mol. The van der Waals surface area contributed by atoms with E-state index in [9.17, 15) is 9.59 Å². The van der Waals surface area contributed by atoms with Crippen LogP contribution in [0.2, 0.25) is 0 Å². The molecule has 1 aromatic rings. The fourth-order valence-electron chi connectivity index (χ4n) is 2.44. The zero-order chi connectivity index (χ0) is 15.2. The third-order valence-corrected chi connectivity index (χ3v) is 4.52. The molecule has 116 valence electrons. The number of amides is 3. The van der Waals surface area contributed by atoms with Gasteiger partial charge >= 0.3 is 6.03 Å². The van der Waals surface area contributed by atoms with E-state index in [1.165, 1.54) is 4.88 Å². The highest BCUT2D eigenvalue weighted by molar-refractivity contribution is 7.11. The maximum absolute atomic E-state index is 11.8. The highest BCUT2D eigenvalue weighted by atomic mass is 32.1. The minimum absolute atomic E-state index is 0.130. The Morgan fingerprint density at radius 3 is 2.67 bits per heavy atom. The standard InChI is InChI=1S/C14H22N4O2S/c1-10-2-3-12(21-10)8-16-14(20)17-11-4-6-18(7-5-11)9-13(15)19/h2-3,11H,4-9H2,1H3,(H2,15,19)(H2,16,17,20). The molecular weight excluding hydrogens is 288 g/mol. The van der Waals surface area contributed by atoms with Gasteiger partial charge in [0.1, 0.15) is 0 Å². The topological polar surface area (TPSA) is 87.5 Å². The number of aryl methyl sites for hydroxylation is 1. The molecule has 7 heteroatoms. The number of thiophene rings is 1. The number of piperidine rings is 1. The molecule has 0 saturated carbocycles. The van der Waals surface area contributed by atoms with E-state index in [-0.39, 0.29) is 18.0 Å². The van der Waals surface area contributed by atoms with E-state index >= 15 is 0 Å². The first-order valence-corrected chi connectivity index (χ1v) is 7.95. The van der Waals surface area contributed by atoms with Crippen LogP contribution in [0, 0.1) is 6.92 Å². The molecule has 0 spiro atoms. The summed E-state index contributed by atoms with van der Waals surface area (Å²) < 4.78 is 0. The van der Waals surface area contributed by atoms with E-state index in [4.69, 9.17) is 5.73 Å². The molecule has 1 aliphatic heterocycles. The SMILES string of the molecule is Cc1ccc(CNC(=O)NC2CCN(CC(N)=O)CC2)s1. The molecule has 1 aliphatic rings. The second kappa shape index (κ2) is 7.42. The normalized spacial score (nSPS) is 16.6. The molecule has 0 bridgehead atoms. The lowest BCUT2D eigenvalue weighted by Gasteiger charge is -2.31. The van der Waals surface area contributed by atoms with Gasteiger partial charge in [-0.05, 0) is 31.9 Å². The van der Waals surface area contributed by atoms with Crippen LogP contribution in [0.25, 0.3) is 0 Å². The Hall–Kier alpha value is -1.60. The Morgan fingerprint density at radius 1 is 1.38 bits per heavy atom. The maximum Gasteiger partial charge on any atom is 0.315 e. The molecule has 1 fully saturated rings. The summed E-state index contributed by atoms with van der Waals surface area (Å²) in [6.07, 6.45) is 1.69. The Kier molecular flexibility index (Phi) is 5.58. The van der Waals surface area contributed by atoms with Crippen molar-refractivity contribution in [2.24, 2.45) is 5.73 Å². The minimum Gasteiger partial charge on any atom is -0.369 e. The van der Waals surface area contributed by atoms with Crippen LogP contribution in [-0.4, -0.2) is 42.5 Å². The summed E-state index contributed by atoms with van der Waals surface area (Å²) in [4.78, 5) is 27.1. The molecule has 1 saturated heterocycles. The minimum atomic E-state index is -0.301. The first-order valence-electron chi connectivity index (χ1n) is 7.13. The van der Waals surface area contributed by atoms with Gasteiger partial charge in [-0.15, -0.1) is 11.3 Å². The van der Waals surface area contributed by atoms with Gasteiger partial charge in [0.25, 0.3) is 0 Å². The summed E-state index contributed by atoms with van der Waals surface area (Å²) in [5, 5.41) is 5.86. The summed E-state index contributed by atoms with van der Waals surface area (Å²) in [6, 6.07) is 4.12. The van der Waals surface area contributed by atoms with Crippen molar-refractivity contribution < 1.29 is 9.59 Å². The Labute approximate surface area is 128 Å². The Bertz CT molecular complexity index is 495. The molecule has 2 rings (SSSR count). The molecule has 6 nitrogen and oxygen atoms in total. The number of urea groups is 1. The molecule has 4 N–H and O–H groups in total. The number of likely N-dealkylation sites (tertiary alicyclic amines) is 1. The van der Waals surface area contributed by atoms with Gasteiger partial charge in [0.15, 0.2) is 0 Å². The van der Waals surface area contributed by atoms with Crippen molar-refractivity contribution in [3.63, 3.8) is 0 Å². The largest absolute Gasteiger partial charge is 0.369 e. The van der Waals surface area contributed by atoms with Crippen LogP contribution >= 0.6 is 11.3 Å². The lowest BCUT2D eigenvalue weighted by Crippen LogP contribution is -2.49. The number of rotatable bonds is 5. The zero-order valence-corrected chi connectivity index (χ0v) is 13.0. The van der Waals surface area contributed by atoms with Gasteiger partial charge in [-0.3, -0.25) is 9.69 Å². The van der Waals surface area contributed by atoms with Gasteiger partial charge in [0.2, 0.25) is 5.91 Å². The molecule has 0 radical (unpaired) electrons. The summed E-state index contributed by atoms with van der Waals surface area (Å²) in [5.74, 6) is -0.301. The van der Waals surface area contributed by atoms with E-state index in [0.717, 1.165) is 30.8 Å². The fourth-order valence-corrected chi connectivity index (χ4v) is 3.27. The van der Waals surface area contributed by atoms with Gasteiger partial charge < -0.3 is 16.4 Å². The number of nitrogens with two attached hydrogens (primary N) is 1. The van der Waals surface area contributed by atoms with Crippen molar-refractivity contribution in [3.8, 4) is 0 Å².